The molecule has 0 heterocycles. The quantitative estimate of drug-likeness (QED) is 0.682. The molecule has 2 fully saturated rings. The van der Waals surface area contributed by atoms with E-state index in [1.165, 1.54) is 18.9 Å². The molecule has 0 amide bonds. The lowest BCUT2D eigenvalue weighted by atomic mass is 9.53. The highest BCUT2D eigenvalue weighted by Crippen LogP contribution is 2.59. The number of allylic oxidation sites excluding steroid dienone is 4. The van der Waals surface area contributed by atoms with Crippen LogP contribution in [0.2, 0.25) is 0 Å². The van der Waals surface area contributed by atoms with Gasteiger partial charge in [0.25, 0.3) is 0 Å². The van der Waals surface area contributed by atoms with E-state index >= 15 is 0 Å². The van der Waals surface area contributed by atoms with Gasteiger partial charge in [0.05, 0.1) is 0 Å². The molecule has 2 saturated carbocycles. The van der Waals surface area contributed by atoms with Crippen molar-refractivity contribution in [1.82, 2.24) is 0 Å². The Hall–Kier alpha value is -1.38. The summed E-state index contributed by atoms with van der Waals surface area (Å²) in [7, 11) is 0. The van der Waals surface area contributed by atoms with Gasteiger partial charge in [-0.2, -0.15) is 0 Å². The van der Waals surface area contributed by atoms with Crippen LogP contribution in [0.3, 0.4) is 0 Å². The second-order valence-electron chi connectivity index (χ2n) is 8.14. The zero-order valence-corrected chi connectivity index (χ0v) is 14.1. The van der Waals surface area contributed by atoms with Crippen molar-refractivity contribution in [3.05, 3.63) is 23.5 Å². The molecule has 0 aromatic rings. The molecule has 4 aliphatic rings. The average Bonchev–Trinajstić information content (AvgIpc) is 2.82. The summed E-state index contributed by atoms with van der Waals surface area (Å²) in [6, 6.07) is 0. The van der Waals surface area contributed by atoms with Gasteiger partial charge in [0.15, 0.2) is 0 Å². The van der Waals surface area contributed by atoms with Gasteiger partial charge in [-0.25, -0.2) is 0 Å². The number of ether oxygens (including phenoxy) is 1. The van der Waals surface area contributed by atoms with E-state index in [1.807, 2.05) is 0 Å². The summed E-state index contributed by atoms with van der Waals surface area (Å²) in [5, 5.41) is 0. The summed E-state index contributed by atoms with van der Waals surface area (Å²) in [5.74, 6) is 3.71. The highest BCUT2D eigenvalue weighted by atomic mass is 16.5. The van der Waals surface area contributed by atoms with Crippen molar-refractivity contribution in [2.45, 2.75) is 58.8 Å². The maximum atomic E-state index is 12.4. The van der Waals surface area contributed by atoms with Crippen LogP contribution in [0, 0.1) is 29.1 Å². The Bertz CT molecular complexity index is 614. The second-order valence-corrected chi connectivity index (χ2v) is 8.14. The molecule has 4 rings (SSSR count). The fraction of sp³-hybridized carbons (Fsp3) is 0.700. The number of hydrogen-bond acceptors (Lipinski definition) is 3. The Balaban J connectivity index is 1.60. The molecule has 4 aliphatic carbocycles. The largest absolute Gasteiger partial charge is 0.431 e. The molecular weight excluding hydrogens is 288 g/mol. The number of carbonyl (C=O) groups is 2. The van der Waals surface area contributed by atoms with Crippen LogP contribution in [0.4, 0.5) is 0 Å². The number of fused-ring (bicyclic) bond motifs is 5. The monoisotopic (exact) mass is 314 g/mol. The van der Waals surface area contributed by atoms with Crippen molar-refractivity contribution in [3.8, 4) is 0 Å². The van der Waals surface area contributed by atoms with Crippen molar-refractivity contribution in [2.24, 2.45) is 29.1 Å². The van der Waals surface area contributed by atoms with Crippen LogP contribution in [-0.2, 0) is 14.3 Å². The molecule has 0 aliphatic heterocycles. The van der Waals surface area contributed by atoms with Crippen molar-refractivity contribution in [3.63, 3.8) is 0 Å². The minimum absolute atomic E-state index is 0.0417. The van der Waals surface area contributed by atoms with E-state index in [9.17, 15) is 9.59 Å². The zero-order valence-electron chi connectivity index (χ0n) is 14.1. The van der Waals surface area contributed by atoms with Crippen LogP contribution in [0.25, 0.3) is 0 Å². The molecule has 0 N–H and O–H groups in total. The number of hydrogen-bond donors (Lipinski definition) is 0. The molecule has 124 valence electrons. The Morgan fingerprint density at radius 2 is 2.04 bits per heavy atom. The molecule has 2 unspecified atom stereocenters. The van der Waals surface area contributed by atoms with Crippen LogP contribution >= 0.6 is 0 Å². The molecule has 23 heavy (non-hydrogen) atoms. The fourth-order valence-corrected chi connectivity index (χ4v) is 5.96. The number of Topliss-reactive ketones (excluding diaryl/α,β-unsaturated/α-hetero) is 1. The fourth-order valence-electron chi connectivity index (χ4n) is 5.96. The van der Waals surface area contributed by atoms with Crippen molar-refractivity contribution in [1.29, 1.82) is 0 Å². The van der Waals surface area contributed by atoms with E-state index in [4.69, 9.17) is 4.74 Å². The van der Waals surface area contributed by atoms with Crippen molar-refractivity contribution >= 4 is 11.8 Å². The molecule has 0 aromatic heterocycles. The van der Waals surface area contributed by atoms with Gasteiger partial charge in [-0.1, -0.05) is 13.0 Å². The third-order valence-corrected chi connectivity index (χ3v) is 7.08. The molecule has 3 nitrogen and oxygen atoms in total. The van der Waals surface area contributed by atoms with Gasteiger partial charge in [0.1, 0.15) is 11.5 Å². The number of rotatable bonds is 1. The lowest BCUT2D eigenvalue weighted by Gasteiger charge is -2.50. The topological polar surface area (TPSA) is 43.4 Å². The number of carbonyl (C=O) groups excluding carboxylic acids is 2. The van der Waals surface area contributed by atoms with Gasteiger partial charge in [-0.3, -0.25) is 9.59 Å². The molecule has 0 saturated heterocycles. The minimum Gasteiger partial charge on any atom is -0.431 e. The SMILES string of the molecule is CC(=O)OC1=CC2=CCC3[C@H](CC[C@]4(C)C(=O)CC[C@@H]34)C2CC1. The first-order valence-corrected chi connectivity index (χ1v) is 9.11. The van der Waals surface area contributed by atoms with Crippen LogP contribution in [0.5, 0.6) is 0 Å². The first kappa shape index (κ1) is 15.2. The Labute approximate surface area is 138 Å². The highest BCUT2D eigenvalue weighted by molar-refractivity contribution is 5.87. The highest BCUT2D eigenvalue weighted by Gasteiger charge is 2.55. The Morgan fingerprint density at radius 1 is 1.22 bits per heavy atom. The summed E-state index contributed by atoms with van der Waals surface area (Å²) < 4.78 is 5.31. The lowest BCUT2D eigenvalue weighted by Crippen LogP contribution is -2.45. The minimum atomic E-state index is -0.220. The van der Waals surface area contributed by atoms with E-state index in [1.54, 1.807) is 0 Å². The molecule has 0 radical (unpaired) electrons. The lowest BCUT2D eigenvalue weighted by molar-refractivity contribution is -0.137. The average molecular weight is 314 g/mol. The number of ketones is 1. The standard InChI is InChI=1S/C20H26O3/c1-12(21)23-14-4-6-15-13(11-14)3-5-17-16(15)9-10-20(2)18(17)7-8-19(20)22/h3,11,15-18H,4-10H2,1-2H3/t15?,16-,17?,18+,20+/m1/s1. The molecule has 0 bridgehead atoms. The molecule has 3 heteroatoms. The van der Waals surface area contributed by atoms with Gasteiger partial charge in [-0.15, -0.1) is 0 Å². The Kier molecular flexibility index (Phi) is 3.51. The predicted octanol–water partition coefficient (Wildman–Crippen LogP) is 4.19. The third-order valence-electron chi connectivity index (χ3n) is 7.08. The van der Waals surface area contributed by atoms with E-state index in [-0.39, 0.29) is 11.4 Å². The predicted molar refractivity (Wildman–Crippen MR) is 87.3 cm³/mol. The summed E-state index contributed by atoms with van der Waals surface area (Å²) in [5.41, 5.74) is 1.33. The van der Waals surface area contributed by atoms with Gasteiger partial charge >= 0.3 is 5.97 Å². The molecule has 0 aromatic carbocycles. The summed E-state index contributed by atoms with van der Waals surface area (Å²) >= 11 is 0. The molecule has 0 spiro atoms. The van der Waals surface area contributed by atoms with E-state index in [0.717, 1.165) is 44.3 Å². The normalized spacial score (nSPS) is 42.1. The molecular formula is C20H26O3. The summed E-state index contributed by atoms with van der Waals surface area (Å²) in [6.45, 7) is 3.69. The van der Waals surface area contributed by atoms with Gasteiger partial charge in [-0.05, 0) is 67.4 Å². The van der Waals surface area contributed by atoms with Crippen molar-refractivity contribution < 1.29 is 14.3 Å². The van der Waals surface area contributed by atoms with E-state index in [0.29, 0.717) is 29.5 Å². The van der Waals surface area contributed by atoms with Crippen molar-refractivity contribution in [2.75, 3.05) is 0 Å². The summed E-state index contributed by atoms with van der Waals surface area (Å²) in [4.78, 5) is 23.5. The smallest absolute Gasteiger partial charge is 0.307 e. The maximum absolute atomic E-state index is 12.4. The first-order valence-electron chi connectivity index (χ1n) is 9.11. The third kappa shape index (κ3) is 2.31. The van der Waals surface area contributed by atoms with Crippen LogP contribution < -0.4 is 0 Å². The van der Waals surface area contributed by atoms with Gasteiger partial charge < -0.3 is 4.74 Å². The van der Waals surface area contributed by atoms with Crippen LogP contribution in [-0.4, -0.2) is 11.8 Å². The van der Waals surface area contributed by atoms with Crippen LogP contribution in [0.1, 0.15) is 58.8 Å². The molecule has 5 atom stereocenters. The van der Waals surface area contributed by atoms with E-state index < -0.39 is 0 Å². The first-order chi connectivity index (χ1) is 11.0. The Morgan fingerprint density at radius 3 is 2.83 bits per heavy atom. The zero-order chi connectivity index (χ0) is 16.2. The van der Waals surface area contributed by atoms with Gasteiger partial charge in [0, 0.05) is 25.2 Å². The maximum Gasteiger partial charge on any atom is 0.307 e. The van der Waals surface area contributed by atoms with Crippen LogP contribution in [0.15, 0.2) is 23.5 Å². The summed E-state index contributed by atoms with van der Waals surface area (Å²) in [6.07, 6.45) is 11.7. The van der Waals surface area contributed by atoms with E-state index in [2.05, 4.69) is 19.1 Å². The second kappa shape index (κ2) is 5.32. The van der Waals surface area contributed by atoms with Gasteiger partial charge in [0.2, 0.25) is 0 Å². The number of esters is 1.